The highest BCUT2D eigenvalue weighted by Gasteiger charge is 2.16. The molecule has 3 rings (SSSR count). The zero-order valence-corrected chi connectivity index (χ0v) is 13.1. The van der Waals surface area contributed by atoms with Gasteiger partial charge in [-0.2, -0.15) is 0 Å². The fourth-order valence-corrected chi connectivity index (χ4v) is 3.29. The molecule has 0 unspecified atom stereocenters. The molecular weight excluding hydrogens is 343 g/mol. The summed E-state index contributed by atoms with van der Waals surface area (Å²) in [5, 5.41) is 0.507. The van der Waals surface area contributed by atoms with Crippen LogP contribution in [-0.2, 0) is 12.8 Å². The first kappa shape index (κ1) is 14.0. The van der Waals surface area contributed by atoms with Crippen molar-refractivity contribution in [1.82, 2.24) is 9.97 Å². The molecule has 0 spiro atoms. The van der Waals surface area contributed by atoms with Crippen molar-refractivity contribution < 1.29 is 4.39 Å². The number of hydrogen-bond acceptors (Lipinski definition) is 2. The Bertz CT molecular complexity index is 640. The second-order valence-corrected chi connectivity index (χ2v) is 6.26. The van der Waals surface area contributed by atoms with Gasteiger partial charge in [0.2, 0.25) is 0 Å². The molecular formula is C15H13BrClFN2. The molecule has 1 aliphatic carbocycles. The highest BCUT2D eigenvalue weighted by molar-refractivity contribution is 9.10. The zero-order valence-electron chi connectivity index (χ0n) is 10.8. The van der Waals surface area contributed by atoms with Gasteiger partial charge in [0.25, 0.3) is 0 Å². The van der Waals surface area contributed by atoms with Crippen molar-refractivity contribution in [3.8, 4) is 11.4 Å². The van der Waals surface area contributed by atoms with Crippen LogP contribution in [0.5, 0.6) is 0 Å². The van der Waals surface area contributed by atoms with Crippen molar-refractivity contribution in [3.63, 3.8) is 0 Å². The Kier molecular flexibility index (Phi) is 4.03. The minimum atomic E-state index is -0.316. The number of aromatic nitrogens is 2. The highest BCUT2D eigenvalue weighted by Crippen LogP contribution is 2.29. The fraction of sp³-hybridized carbons (Fsp3) is 0.333. The lowest BCUT2D eigenvalue weighted by atomic mass is 10.1. The molecule has 0 N–H and O–H groups in total. The van der Waals surface area contributed by atoms with E-state index in [9.17, 15) is 4.39 Å². The Morgan fingerprint density at radius 3 is 2.65 bits per heavy atom. The maximum atomic E-state index is 13.5. The van der Waals surface area contributed by atoms with Crippen molar-refractivity contribution >= 4 is 27.5 Å². The van der Waals surface area contributed by atoms with Crippen LogP contribution in [0, 0.1) is 5.82 Å². The topological polar surface area (TPSA) is 25.8 Å². The lowest BCUT2D eigenvalue weighted by Gasteiger charge is -2.10. The first-order valence-electron chi connectivity index (χ1n) is 6.65. The molecule has 0 saturated carbocycles. The van der Waals surface area contributed by atoms with Crippen LogP contribution in [0.15, 0.2) is 22.7 Å². The third-order valence-electron chi connectivity index (χ3n) is 3.50. The van der Waals surface area contributed by atoms with Gasteiger partial charge in [-0.3, -0.25) is 0 Å². The number of halogens is 3. The van der Waals surface area contributed by atoms with Crippen LogP contribution >= 0.6 is 27.5 Å². The smallest absolute Gasteiger partial charge is 0.161 e. The van der Waals surface area contributed by atoms with Gasteiger partial charge >= 0.3 is 0 Å². The minimum Gasteiger partial charge on any atom is -0.233 e. The van der Waals surface area contributed by atoms with Crippen LogP contribution in [-0.4, -0.2) is 9.97 Å². The first-order valence-corrected chi connectivity index (χ1v) is 7.82. The van der Waals surface area contributed by atoms with E-state index in [-0.39, 0.29) is 5.82 Å². The minimum absolute atomic E-state index is 0.316. The number of rotatable bonds is 1. The average Bonchev–Trinajstić information content (AvgIpc) is 2.63. The zero-order chi connectivity index (χ0) is 14.1. The summed E-state index contributed by atoms with van der Waals surface area (Å²) in [5.74, 6) is 0.180. The maximum Gasteiger partial charge on any atom is 0.161 e. The lowest BCUT2D eigenvalue weighted by molar-refractivity contribution is 0.627. The Morgan fingerprint density at radius 2 is 1.85 bits per heavy atom. The third-order valence-corrected chi connectivity index (χ3v) is 4.27. The van der Waals surface area contributed by atoms with Crippen molar-refractivity contribution in [2.75, 3.05) is 0 Å². The molecule has 0 bridgehead atoms. The van der Waals surface area contributed by atoms with Crippen LogP contribution in [0.1, 0.15) is 30.5 Å². The van der Waals surface area contributed by atoms with Crippen molar-refractivity contribution in [1.29, 1.82) is 0 Å². The SMILES string of the molecule is Fc1cc(Br)cc(-c2nc(Cl)c3c(n2)CCCCC3)c1. The molecule has 0 radical (unpaired) electrons. The van der Waals surface area contributed by atoms with Gasteiger partial charge < -0.3 is 0 Å². The summed E-state index contributed by atoms with van der Waals surface area (Å²) in [7, 11) is 0. The molecule has 5 heteroatoms. The first-order chi connectivity index (χ1) is 9.63. The van der Waals surface area contributed by atoms with Gasteiger partial charge in [-0.05, 0) is 43.9 Å². The van der Waals surface area contributed by atoms with Gasteiger partial charge in [-0.15, -0.1) is 0 Å². The standard InChI is InChI=1S/C15H13BrClFN2/c16-10-6-9(7-11(18)8-10)15-19-13-5-3-1-2-4-12(13)14(17)20-15/h6-8H,1-5H2. The Morgan fingerprint density at radius 1 is 1.05 bits per heavy atom. The summed E-state index contributed by atoms with van der Waals surface area (Å²) in [6, 6.07) is 4.64. The number of fused-ring (bicyclic) bond motifs is 1. The quantitative estimate of drug-likeness (QED) is 0.533. The van der Waals surface area contributed by atoms with Crippen LogP contribution in [0.4, 0.5) is 4.39 Å². The summed E-state index contributed by atoms with van der Waals surface area (Å²) >= 11 is 9.58. The normalized spacial score (nSPS) is 14.8. The molecule has 2 nitrogen and oxygen atoms in total. The molecule has 2 aromatic rings. The van der Waals surface area contributed by atoms with Gasteiger partial charge in [0.05, 0.1) is 0 Å². The van der Waals surface area contributed by atoms with E-state index in [0.717, 1.165) is 36.9 Å². The average molecular weight is 356 g/mol. The van der Waals surface area contributed by atoms with E-state index in [1.54, 1.807) is 6.07 Å². The van der Waals surface area contributed by atoms with E-state index in [2.05, 4.69) is 25.9 Å². The summed E-state index contributed by atoms with van der Waals surface area (Å²) in [5.41, 5.74) is 2.71. The molecule has 20 heavy (non-hydrogen) atoms. The summed E-state index contributed by atoms with van der Waals surface area (Å²) in [6.45, 7) is 0. The fourth-order valence-electron chi connectivity index (χ4n) is 2.54. The summed E-state index contributed by atoms with van der Waals surface area (Å²) in [6.07, 6.45) is 5.28. The number of aryl methyl sites for hydroxylation is 1. The van der Waals surface area contributed by atoms with Gasteiger partial charge in [-0.25, -0.2) is 14.4 Å². The van der Waals surface area contributed by atoms with E-state index in [1.165, 1.54) is 18.6 Å². The maximum absolute atomic E-state index is 13.5. The molecule has 1 aromatic carbocycles. The van der Waals surface area contributed by atoms with Crippen molar-refractivity contribution in [2.24, 2.45) is 0 Å². The van der Waals surface area contributed by atoms with E-state index in [1.807, 2.05) is 0 Å². The van der Waals surface area contributed by atoms with Crippen LogP contribution < -0.4 is 0 Å². The number of benzene rings is 1. The number of hydrogen-bond donors (Lipinski definition) is 0. The molecule has 0 aliphatic heterocycles. The molecule has 1 aliphatic rings. The van der Waals surface area contributed by atoms with Gasteiger partial charge in [0.1, 0.15) is 11.0 Å². The second-order valence-electron chi connectivity index (χ2n) is 4.98. The summed E-state index contributed by atoms with van der Waals surface area (Å²) < 4.78 is 14.2. The summed E-state index contributed by atoms with van der Waals surface area (Å²) in [4.78, 5) is 8.95. The van der Waals surface area contributed by atoms with Gasteiger partial charge in [-0.1, -0.05) is 34.0 Å². The molecule has 0 amide bonds. The molecule has 0 saturated heterocycles. The Labute approximate surface area is 130 Å². The van der Waals surface area contributed by atoms with Crippen LogP contribution in [0.3, 0.4) is 0 Å². The highest BCUT2D eigenvalue weighted by atomic mass is 79.9. The molecule has 0 atom stereocenters. The largest absolute Gasteiger partial charge is 0.233 e. The lowest BCUT2D eigenvalue weighted by Crippen LogP contribution is -2.02. The van der Waals surface area contributed by atoms with Crippen molar-refractivity contribution in [2.45, 2.75) is 32.1 Å². The molecule has 0 fully saturated rings. The van der Waals surface area contributed by atoms with Crippen LogP contribution in [0.25, 0.3) is 11.4 Å². The Balaban J connectivity index is 2.10. The Hall–Kier alpha value is -1.00. The van der Waals surface area contributed by atoms with Gasteiger partial charge in [0.15, 0.2) is 5.82 Å². The predicted octanol–water partition coefficient (Wildman–Crippen LogP) is 4.97. The predicted molar refractivity (Wildman–Crippen MR) is 81.4 cm³/mol. The molecule has 1 aromatic heterocycles. The van der Waals surface area contributed by atoms with E-state index < -0.39 is 0 Å². The second kappa shape index (κ2) is 5.78. The van der Waals surface area contributed by atoms with E-state index in [0.29, 0.717) is 21.0 Å². The monoisotopic (exact) mass is 354 g/mol. The molecule has 104 valence electrons. The van der Waals surface area contributed by atoms with Crippen molar-refractivity contribution in [3.05, 3.63) is 44.9 Å². The van der Waals surface area contributed by atoms with Crippen LogP contribution in [0.2, 0.25) is 5.15 Å². The van der Waals surface area contributed by atoms with Gasteiger partial charge in [0, 0.05) is 21.3 Å². The number of nitrogens with zero attached hydrogens (tertiary/aromatic N) is 2. The van der Waals surface area contributed by atoms with E-state index >= 15 is 0 Å². The molecule has 1 heterocycles. The third kappa shape index (κ3) is 2.86. The van der Waals surface area contributed by atoms with E-state index in [4.69, 9.17) is 11.6 Å².